The molecule has 0 bridgehead atoms. The van der Waals surface area contributed by atoms with Gasteiger partial charge in [-0.2, -0.15) is 0 Å². The first kappa shape index (κ1) is 12.0. The Labute approximate surface area is 110 Å². The van der Waals surface area contributed by atoms with Crippen molar-refractivity contribution < 1.29 is 0 Å². The minimum atomic E-state index is 0.768. The predicted octanol–water partition coefficient (Wildman–Crippen LogP) is 2.92. The number of nitrogens with zero attached hydrogens (tertiary/aromatic N) is 3. The van der Waals surface area contributed by atoms with Crippen LogP contribution in [0.2, 0.25) is 0 Å². The maximum absolute atomic E-state index is 4.21. The van der Waals surface area contributed by atoms with Gasteiger partial charge in [0.25, 0.3) is 0 Å². The molecule has 0 fully saturated rings. The number of halogens is 1. The molecule has 88 valence electrons. The highest BCUT2D eigenvalue weighted by Crippen LogP contribution is 2.11. The minimum Gasteiger partial charge on any atom is -0.344 e. The molecule has 0 saturated heterocycles. The molecule has 17 heavy (non-hydrogen) atoms. The SMILES string of the molecule is CN(CCc1ccc(Br)cc1)c1ncccn1. The molecule has 0 N–H and O–H groups in total. The van der Waals surface area contributed by atoms with E-state index in [4.69, 9.17) is 0 Å². The molecule has 4 heteroatoms. The molecule has 3 nitrogen and oxygen atoms in total. The van der Waals surface area contributed by atoms with Crippen molar-refractivity contribution >= 4 is 21.9 Å². The molecule has 1 aromatic carbocycles. The van der Waals surface area contributed by atoms with Crippen LogP contribution >= 0.6 is 15.9 Å². The van der Waals surface area contributed by atoms with Gasteiger partial charge >= 0.3 is 0 Å². The monoisotopic (exact) mass is 291 g/mol. The second-order valence-electron chi connectivity index (χ2n) is 3.85. The third-order valence-electron chi connectivity index (χ3n) is 2.54. The Hall–Kier alpha value is -1.42. The van der Waals surface area contributed by atoms with Gasteiger partial charge in [0.2, 0.25) is 5.95 Å². The first-order chi connectivity index (χ1) is 8.25. The van der Waals surface area contributed by atoms with Crippen molar-refractivity contribution in [2.45, 2.75) is 6.42 Å². The lowest BCUT2D eigenvalue weighted by atomic mass is 10.1. The summed E-state index contributed by atoms with van der Waals surface area (Å²) in [7, 11) is 2.01. The molecule has 1 aromatic heterocycles. The van der Waals surface area contributed by atoms with E-state index in [0.29, 0.717) is 0 Å². The maximum atomic E-state index is 4.21. The van der Waals surface area contributed by atoms with E-state index in [9.17, 15) is 0 Å². The molecule has 0 unspecified atom stereocenters. The summed E-state index contributed by atoms with van der Waals surface area (Å²) in [6.07, 6.45) is 4.51. The molecule has 0 atom stereocenters. The van der Waals surface area contributed by atoms with Crippen molar-refractivity contribution in [3.05, 3.63) is 52.8 Å². The van der Waals surface area contributed by atoms with Crippen molar-refractivity contribution in [1.82, 2.24) is 9.97 Å². The molecule has 2 aromatic rings. The van der Waals surface area contributed by atoms with E-state index in [1.54, 1.807) is 12.4 Å². The fourth-order valence-corrected chi connectivity index (χ4v) is 1.80. The van der Waals surface area contributed by atoms with E-state index < -0.39 is 0 Å². The summed E-state index contributed by atoms with van der Waals surface area (Å²) < 4.78 is 1.11. The average Bonchev–Trinajstić information content (AvgIpc) is 2.39. The highest BCUT2D eigenvalue weighted by molar-refractivity contribution is 9.10. The van der Waals surface area contributed by atoms with Crippen molar-refractivity contribution in [2.24, 2.45) is 0 Å². The van der Waals surface area contributed by atoms with Gasteiger partial charge in [0.15, 0.2) is 0 Å². The summed E-state index contributed by atoms with van der Waals surface area (Å²) in [4.78, 5) is 10.5. The lowest BCUT2D eigenvalue weighted by Crippen LogP contribution is -2.22. The summed E-state index contributed by atoms with van der Waals surface area (Å²) in [5, 5.41) is 0. The van der Waals surface area contributed by atoms with Crippen LogP contribution in [0.1, 0.15) is 5.56 Å². The molecule has 0 saturated carbocycles. The Kier molecular flexibility index (Phi) is 4.09. The third kappa shape index (κ3) is 3.53. The number of hydrogen-bond donors (Lipinski definition) is 0. The summed E-state index contributed by atoms with van der Waals surface area (Å²) in [5.74, 6) is 0.768. The molecular weight excluding hydrogens is 278 g/mol. The molecule has 0 aliphatic carbocycles. The Morgan fingerprint density at radius 1 is 1.12 bits per heavy atom. The van der Waals surface area contributed by atoms with Gasteiger partial charge in [-0.1, -0.05) is 28.1 Å². The van der Waals surface area contributed by atoms with Gasteiger partial charge in [0.1, 0.15) is 0 Å². The zero-order valence-corrected chi connectivity index (χ0v) is 11.3. The topological polar surface area (TPSA) is 29.0 Å². The van der Waals surface area contributed by atoms with Crippen LogP contribution in [0.15, 0.2) is 47.2 Å². The van der Waals surface area contributed by atoms with Gasteiger partial charge in [0.05, 0.1) is 0 Å². The normalized spacial score (nSPS) is 10.2. The van der Waals surface area contributed by atoms with Crippen LogP contribution in [-0.4, -0.2) is 23.6 Å². The van der Waals surface area contributed by atoms with Gasteiger partial charge in [-0.15, -0.1) is 0 Å². The van der Waals surface area contributed by atoms with E-state index in [0.717, 1.165) is 23.4 Å². The number of anilines is 1. The zero-order valence-electron chi connectivity index (χ0n) is 9.68. The molecule has 0 aliphatic rings. The number of hydrogen-bond acceptors (Lipinski definition) is 3. The second-order valence-corrected chi connectivity index (χ2v) is 4.76. The zero-order chi connectivity index (χ0) is 12.1. The largest absolute Gasteiger partial charge is 0.344 e. The standard InChI is InChI=1S/C13H14BrN3/c1-17(13-15-8-2-9-16-13)10-7-11-3-5-12(14)6-4-11/h2-6,8-9H,7,10H2,1H3. The van der Waals surface area contributed by atoms with E-state index in [1.165, 1.54) is 5.56 Å². The third-order valence-corrected chi connectivity index (χ3v) is 3.07. The summed E-state index contributed by atoms with van der Waals surface area (Å²) in [5.41, 5.74) is 1.32. The summed E-state index contributed by atoms with van der Waals surface area (Å²) in [6.45, 7) is 0.908. The number of likely N-dealkylation sites (N-methyl/N-ethyl adjacent to an activating group) is 1. The fraction of sp³-hybridized carbons (Fsp3) is 0.231. The number of rotatable bonds is 4. The predicted molar refractivity (Wildman–Crippen MR) is 73.1 cm³/mol. The second kappa shape index (κ2) is 5.77. The van der Waals surface area contributed by atoms with Gasteiger partial charge in [-0.25, -0.2) is 9.97 Å². The number of benzene rings is 1. The van der Waals surface area contributed by atoms with Crippen LogP contribution in [0.25, 0.3) is 0 Å². The lowest BCUT2D eigenvalue weighted by molar-refractivity contribution is 0.837. The van der Waals surface area contributed by atoms with E-state index in [2.05, 4.69) is 55.1 Å². The number of aromatic nitrogens is 2. The molecule has 0 aliphatic heterocycles. The summed E-state index contributed by atoms with van der Waals surface area (Å²) >= 11 is 3.43. The van der Waals surface area contributed by atoms with E-state index >= 15 is 0 Å². The van der Waals surface area contributed by atoms with Crippen LogP contribution in [0.4, 0.5) is 5.95 Å². The fourth-order valence-electron chi connectivity index (χ4n) is 1.54. The van der Waals surface area contributed by atoms with Crippen LogP contribution in [0.5, 0.6) is 0 Å². The molecular formula is C13H14BrN3. The quantitative estimate of drug-likeness (QED) is 0.867. The molecule has 2 rings (SSSR count). The summed E-state index contributed by atoms with van der Waals surface area (Å²) in [6, 6.07) is 10.2. The van der Waals surface area contributed by atoms with Gasteiger partial charge in [0, 0.05) is 30.5 Å². The minimum absolute atomic E-state index is 0.768. The van der Waals surface area contributed by atoms with Crippen molar-refractivity contribution in [3.8, 4) is 0 Å². The Morgan fingerprint density at radius 2 is 1.76 bits per heavy atom. The van der Waals surface area contributed by atoms with Crippen molar-refractivity contribution in [3.63, 3.8) is 0 Å². The van der Waals surface area contributed by atoms with Gasteiger partial charge < -0.3 is 4.90 Å². The molecule has 0 spiro atoms. The molecule has 0 amide bonds. The Morgan fingerprint density at radius 3 is 2.41 bits per heavy atom. The highest BCUT2D eigenvalue weighted by Gasteiger charge is 2.02. The molecule has 0 radical (unpaired) electrons. The first-order valence-electron chi connectivity index (χ1n) is 5.48. The Balaban J connectivity index is 1.92. The van der Waals surface area contributed by atoms with Crippen LogP contribution < -0.4 is 4.90 Å². The maximum Gasteiger partial charge on any atom is 0.224 e. The highest BCUT2D eigenvalue weighted by atomic mass is 79.9. The lowest BCUT2D eigenvalue weighted by Gasteiger charge is -2.16. The Bertz CT molecular complexity index is 456. The molecule has 1 heterocycles. The van der Waals surface area contributed by atoms with Crippen LogP contribution in [0, 0.1) is 0 Å². The smallest absolute Gasteiger partial charge is 0.224 e. The van der Waals surface area contributed by atoms with E-state index in [1.807, 2.05) is 13.1 Å². The van der Waals surface area contributed by atoms with Crippen LogP contribution in [0.3, 0.4) is 0 Å². The van der Waals surface area contributed by atoms with Gasteiger partial charge in [-0.3, -0.25) is 0 Å². The van der Waals surface area contributed by atoms with E-state index in [-0.39, 0.29) is 0 Å². The average molecular weight is 292 g/mol. The first-order valence-corrected chi connectivity index (χ1v) is 6.27. The van der Waals surface area contributed by atoms with Crippen LogP contribution in [-0.2, 0) is 6.42 Å². The van der Waals surface area contributed by atoms with Crippen molar-refractivity contribution in [2.75, 3.05) is 18.5 Å². The van der Waals surface area contributed by atoms with Crippen molar-refractivity contribution in [1.29, 1.82) is 0 Å². The van der Waals surface area contributed by atoms with Gasteiger partial charge in [-0.05, 0) is 30.2 Å².